The highest BCUT2D eigenvalue weighted by Gasteiger charge is 2.03. The normalized spacial score (nSPS) is 10.5. The summed E-state index contributed by atoms with van der Waals surface area (Å²) >= 11 is 5.33. The van der Waals surface area contributed by atoms with Crippen molar-refractivity contribution in [2.75, 3.05) is 14.1 Å². The SMILES string of the molecule is CN(C)C(=S)CCc1cccc2ccccc12. The first kappa shape index (κ1) is 12.1. The number of rotatable bonds is 3. The fraction of sp³-hybridized carbons (Fsp3) is 0.267. The molecule has 2 rings (SSSR count). The summed E-state index contributed by atoms with van der Waals surface area (Å²) in [6.07, 6.45) is 1.95. The monoisotopic (exact) mass is 243 g/mol. The van der Waals surface area contributed by atoms with E-state index in [1.807, 2.05) is 19.0 Å². The molecule has 0 heterocycles. The van der Waals surface area contributed by atoms with Gasteiger partial charge in [0.25, 0.3) is 0 Å². The maximum atomic E-state index is 5.33. The van der Waals surface area contributed by atoms with Crippen LogP contribution in [0.3, 0.4) is 0 Å². The van der Waals surface area contributed by atoms with Crippen LogP contribution in [0.15, 0.2) is 42.5 Å². The van der Waals surface area contributed by atoms with E-state index >= 15 is 0 Å². The lowest BCUT2D eigenvalue weighted by atomic mass is 10.0. The molecule has 0 spiro atoms. The van der Waals surface area contributed by atoms with Gasteiger partial charge in [-0.3, -0.25) is 0 Å². The van der Waals surface area contributed by atoms with Crippen molar-refractivity contribution in [1.82, 2.24) is 4.90 Å². The highest BCUT2D eigenvalue weighted by molar-refractivity contribution is 7.80. The minimum atomic E-state index is 0.941. The predicted molar refractivity (Wildman–Crippen MR) is 78.6 cm³/mol. The Labute approximate surface area is 108 Å². The van der Waals surface area contributed by atoms with Crippen LogP contribution >= 0.6 is 12.2 Å². The van der Waals surface area contributed by atoms with Crippen LogP contribution in [0.4, 0.5) is 0 Å². The van der Waals surface area contributed by atoms with E-state index in [1.54, 1.807) is 0 Å². The number of aryl methyl sites for hydroxylation is 1. The first-order valence-electron chi connectivity index (χ1n) is 5.85. The second-order valence-electron chi connectivity index (χ2n) is 4.43. The molecule has 0 aliphatic heterocycles. The van der Waals surface area contributed by atoms with E-state index in [-0.39, 0.29) is 0 Å². The fourth-order valence-electron chi connectivity index (χ4n) is 1.98. The molecule has 0 aromatic heterocycles. The van der Waals surface area contributed by atoms with Crippen LogP contribution < -0.4 is 0 Å². The van der Waals surface area contributed by atoms with Crippen LogP contribution in [0, 0.1) is 0 Å². The van der Waals surface area contributed by atoms with Gasteiger partial charge in [0.15, 0.2) is 0 Å². The summed E-state index contributed by atoms with van der Waals surface area (Å²) in [5, 5.41) is 2.65. The average Bonchev–Trinajstić information content (AvgIpc) is 2.35. The van der Waals surface area contributed by atoms with Gasteiger partial charge in [0.1, 0.15) is 0 Å². The van der Waals surface area contributed by atoms with Gasteiger partial charge in [0.05, 0.1) is 4.99 Å². The highest BCUT2D eigenvalue weighted by Crippen LogP contribution is 2.19. The maximum absolute atomic E-state index is 5.33. The molecule has 0 saturated carbocycles. The Balaban J connectivity index is 2.21. The van der Waals surface area contributed by atoms with Crippen LogP contribution in [-0.4, -0.2) is 24.0 Å². The summed E-state index contributed by atoms with van der Waals surface area (Å²) in [6.45, 7) is 0. The molecule has 0 atom stereocenters. The van der Waals surface area contributed by atoms with E-state index in [4.69, 9.17) is 12.2 Å². The molecule has 0 aliphatic rings. The lowest BCUT2D eigenvalue weighted by Gasteiger charge is -2.14. The van der Waals surface area contributed by atoms with Gasteiger partial charge in [-0.15, -0.1) is 0 Å². The molecule has 0 aliphatic carbocycles. The molecule has 2 aromatic rings. The molecule has 2 aromatic carbocycles. The number of nitrogens with zero attached hydrogens (tertiary/aromatic N) is 1. The Hall–Kier alpha value is -1.41. The molecule has 0 fully saturated rings. The van der Waals surface area contributed by atoms with Crippen molar-refractivity contribution in [3.05, 3.63) is 48.0 Å². The molecule has 0 unspecified atom stereocenters. The second kappa shape index (κ2) is 5.28. The smallest absolute Gasteiger partial charge is 0.0777 e. The zero-order valence-electron chi connectivity index (χ0n) is 10.3. The predicted octanol–water partition coefficient (Wildman–Crippen LogP) is 3.66. The van der Waals surface area contributed by atoms with Crippen molar-refractivity contribution >= 4 is 28.0 Å². The molecule has 17 heavy (non-hydrogen) atoms. The molecule has 0 N–H and O–H groups in total. The molecular weight excluding hydrogens is 226 g/mol. The molecule has 0 radical (unpaired) electrons. The summed E-state index contributed by atoms with van der Waals surface area (Å²) in [7, 11) is 4.01. The molecule has 0 bridgehead atoms. The van der Waals surface area contributed by atoms with Gasteiger partial charge in [-0.25, -0.2) is 0 Å². The highest BCUT2D eigenvalue weighted by atomic mass is 32.1. The van der Waals surface area contributed by atoms with Gasteiger partial charge >= 0.3 is 0 Å². The lowest BCUT2D eigenvalue weighted by Crippen LogP contribution is -2.19. The molecule has 0 amide bonds. The largest absolute Gasteiger partial charge is 0.372 e. The zero-order chi connectivity index (χ0) is 12.3. The molecule has 2 heteroatoms. The third-order valence-electron chi connectivity index (χ3n) is 2.99. The lowest BCUT2D eigenvalue weighted by molar-refractivity contribution is 0.617. The van der Waals surface area contributed by atoms with E-state index in [0.29, 0.717) is 0 Å². The summed E-state index contributed by atoms with van der Waals surface area (Å²) in [5.74, 6) is 0. The van der Waals surface area contributed by atoms with Crippen LogP contribution in [0.25, 0.3) is 10.8 Å². The van der Waals surface area contributed by atoms with Crippen molar-refractivity contribution in [2.24, 2.45) is 0 Å². The van der Waals surface area contributed by atoms with Crippen molar-refractivity contribution in [1.29, 1.82) is 0 Å². The van der Waals surface area contributed by atoms with E-state index < -0.39 is 0 Å². The van der Waals surface area contributed by atoms with Crippen LogP contribution in [-0.2, 0) is 6.42 Å². The topological polar surface area (TPSA) is 3.24 Å². The Bertz CT molecular complexity index is 526. The minimum Gasteiger partial charge on any atom is -0.372 e. The molecule has 0 saturated heterocycles. The molecule has 1 nitrogen and oxygen atoms in total. The molecule has 88 valence electrons. The Morgan fingerprint density at radius 3 is 2.53 bits per heavy atom. The van der Waals surface area contributed by atoms with E-state index in [0.717, 1.165) is 17.8 Å². The maximum Gasteiger partial charge on any atom is 0.0777 e. The summed E-state index contributed by atoms with van der Waals surface area (Å²) in [6, 6.07) is 15.0. The third-order valence-corrected chi connectivity index (χ3v) is 3.56. The first-order chi connectivity index (χ1) is 8.18. The second-order valence-corrected chi connectivity index (χ2v) is 4.90. The van der Waals surface area contributed by atoms with Gasteiger partial charge in [-0.1, -0.05) is 54.7 Å². The molecular formula is C15H17NS. The summed E-state index contributed by atoms with van der Waals surface area (Å²) < 4.78 is 0. The minimum absolute atomic E-state index is 0.941. The Morgan fingerprint density at radius 2 is 1.76 bits per heavy atom. The van der Waals surface area contributed by atoms with Gasteiger partial charge in [-0.05, 0) is 22.8 Å². The summed E-state index contributed by atoms with van der Waals surface area (Å²) in [4.78, 5) is 3.03. The first-order valence-corrected chi connectivity index (χ1v) is 6.26. The number of fused-ring (bicyclic) bond motifs is 1. The fourth-order valence-corrected chi connectivity index (χ4v) is 2.08. The van der Waals surface area contributed by atoms with Gasteiger partial charge in [-0.2, -0.15) is 0 Å². The number of hydrogen-bond acceptors (Lipinski definition) is 1. The van der Waals surface area contributed by atoms with E-state index in [9.17, 15) is 0 Å². The number of hydrogen-bond donors (Lipinski definition) is 0. The van der Waals surface area contributed by atoms with E-state index in [1.165, 1.54) is 16.3 Å². The van der Waals surface area contributed by atoms with Crippen molar-refractivity contribution < 1.29 is 0 Å². The Morgan fingerprint density at radius 1 is 1.06 bits per heavy atom. The van der Waals surface area contributed by atoms with Gasteiger partial charge in [0.2, 0.25) is 0 Å². The van der Waals surface area contributed by atoms with Crippen LogP contribution in [0.5, 0.6) is 0 Å². The van der Waals surface area contributed by atoms with Crippen LogP contribution in [0.1, 0.15) is 12.0 Å². The standard InChI is InChI=1S/C15H17NS/c1-16(2)15(17)11-10-13-8-5-7-12-6-3-4-9-14(12)13/h3-9H,10-11H2,1-2H3. The van der Waals surface area contributed by atoms with Crippen LogP contribution in [0.2, 0.25) is 0 Å². The van der Waals surface area contributed by atoms with Gasteiger partial charge in [0, 0.05) is 20.5 Å². The number of thiocarbonyl (C=S) groups is 1. The van der Waals surface area contributed by atoms with Crippen molar-refractivity contribution in [3.8, 4) is 0 Å². The van der Waals surface area contributed by atoms with Gasteiger partial charge < -0.3 is 4.90 Å². The zero-order valence-corrected chi connectivity index (χ0v) is 11.1. The van der Waals surface area contributed by atoms with Crippen molar-refractivity contribution in [3.63, 3.8) is 0 Å². The Kier molecular flexibility index (Phi) is 3.75. The quantitative estimate of drug-likeness (QED) is 0.757. The van der Waals surface area contributed by atoms with Crippen molar-refractivity contribution in [2.45, 2.75) is 12.8 Å². The van der Waals surface area contributed by atoms with E-state index in [2.05, 4.69) is 42.5 Å². The number of benzene rings is 2. The third kappa shape index (κ3) is 2.83. The average molecular weight is 243 g/mol. The summed E-state index contributed by atoms with van der Waals surface area (Å²) in [5.41, 5.74) is 1.38.